The van der Waals surface area contributed by atoms with Gasteiger partial charge in [0.1, 0.15) is 18.1 Å². The lowest BCUT2D eigenvalue weighted by molar-refractivity contribution is -0.158. The maximum absolute atomic E-state index is 13.0. The van der Waals surface area contributed by atoms with Crippen LogP contribution < -0.4 is 4.90 Å². The highest BCUT2D eigenvalue weighted by atomic mass is 16.5. The minimum Gasteiger partial charge on any atom is -0.456 e. The van der Waals surface area contributed by atoms with E-state index in [0.29, 0.717) is 22.7 Å². The molecule has 26 heavy (non-hydrogen) atoms. The lowest BCUT2D eigenvalue weighted by Gasteiger charge is -2.46. The molecule has 1 aromatic carbocycles. The van der Waals surface area contributed by atoms with Crippen molar-refractivity contribution in [1.29, 1.82) is 0 Å². The summed E-state index contributed by atoms with van der Waals surface area (Å²) in [6.07, 6.45) is 0.337. The molecule has 0 bridgehead atoms. The van der Waals surface area contributed by atoms with E-state index in [1.165, 1.54) is 16.8 Å². The number of carbonyl (C=O) groups is 3. The molecule has 2 aliphatic rings. The molecule has 0 N–H and O–H groups in total. The van der Waals surface area contributed by atoms with Crippen molar-refractivity contribution in [2.45, 2.75) is 32.0 Å². The fourth-order valence-corrected chi connectivity index (χ4v) is 3.63. The number of amides is 2. The Morgan fingerprint density at radius 3 is 2.85 bits per heavy atom. The van der Waals surface area contributed by atoms with E-state index in [1.807, 2.05) is 0 Å². The van der Waals surface area contributed by atoms with Crippen molar-refractivity contribution in [3.63, 3.8) is 0 Å². The SMILES string of the molecule is Cc1cc(COC(=O)[C@]23CCC(=O)N2c2ccccc2C(=O)N3C)no1. The van der Waals surface area contributed by atoms with Crippen LogP contribution in [-0.4, -0.2) is 40.6 Å². The van der Waals surface area contributed by atoms with Gasteiger partial charge in [-0.05, 0) is 19.1 Å². The van der Waals surface area contributed by atoms with Gasteiger partial charge in [0.15, 0.2) is 0 Å². The van der Waals surface area contributed by atoms with Crippen LogP contribution in [0.25, 0.3) is 0 Å². The Morgan fingerprint density at radius 2 is 2.12 bits per heavy atom. The van der Waals surface area contributed by atoms with E-state index in [9.17, 15) is 14.4 Å². The molecular formula is C18H17N3O5. The number of fused-ring (bicyclic) bond motifs is 3. The van der Waals surface area contributed by atoms with Gasteiger partial charge in [-0.2, -0.15) is 0 Å². The van der Waals surface area contributed by atoms with Gasteiger partial charge >= 0.3 is 5.97 Å². The Hall–Kier alpha value is -3.16. The zero-order valence-corrected chi connectivity index (χ0v) is 14.4. The number of nitrogens with zero attached hydrogens (tertiary/aromatic N) is 3. The number of benzene rings is 1. The monoisotopic (exact) mass is 355 g/mol. The summed E-state index contributed by atoms with van der Waals surface area (Å²) in [6, 6.07) is 8.44. The smallest absolute Gasteiger partial charge is 0.354 e. The third-order valence-electron chi connectivity index (χ3n) is 4.90. The summed E-state index contributed by atoms with van der Waals surface area (Å²) in [5.74, 6) is -0.591. The summed E-state index contributed by atoms with van der Waals surface area (Å²) in [5, 5.41) is 3.79. The molecule has 2 aliphatic heterocycles. The van der Waals surface area contributed by atoms with E-state index in [4.69, 9.17) is 9.26 Å². The Morgan fingerprint density at radius 1 is 1.35 bits per heavy atom. The Labute approximate surface area is 149 Å². The quantitative estimate of drug-likeness (QED) is 0.777. The van der Waals surface area contributed by atoms with Crippen molar-refractivity contribution in [2.75, 3.05) is 11.9 Å². The first-order valence-electron chi connectivity index (χ1n) is 8.25. The van der Waals surface area contributed by atoms with Gasteiger partial charge < -0.3 is 14.2 Å². The first kappa shape index (κ1) is 16.3. The van der Waals surface area contributed by atoms with Gasteiger partial charge in [-0.1, -0.05) is 17.3 Å². The predicted octanol–water partition coefficient (Wildman–Crippen LogP) is 1.64. The van der Waals surface area contributed by atoms with E-state index < -0.39 is 11.6 Å². The summed E-state index contributed by atoms with van der Waals surface area (Å²) >= 11 is 0. The van der Waals surface area contributed by atoms with Crippen LogP contribution in [0.1, 0.15) is 34.7 Å². The molecule has 0 unspecified atom stereocenters. The molecule has 0 spiro atoms. The minimum absolute atomic E-state index is 0.0936. The number of esters is 1. The molecule has 3 heterocycles. The summed E-state index contributed by atoms with van der Waals surface area (Å²) in [4.78, 5) is 41.1. The van der Waals surface area contributed by atoms with E-state index in [1.54, 1.807) is 37.3 Å². The van der Waals surface area contributed by atoms with Gasteiger partial charge in [0.05, 0.1) is 11.3 Å². The third kappa shape index (κ3) is 2.15. The largest absolute Gasteiger partial charge is 0.456 e. The van der Waals surface area contributed by atoms with Crippen LogP contribution in [0.15, 0.2) is 34.9 Å². The second-order valence-electron chi connectivity index (χ2n) is 6.43. The molecule has 2 amide bonds. The topological polar surface area (TPSA) is 93.0 Å². The highest BCUT2D eigenvalue weighted by Gasteiger charge is 2.60. The first-order chi connectivity index (χ1) is 12.4. The van der Waals surface area contributed by atoms with Crippen molar-refractivity contribution in [1.82, 2.24) is 10.1 Å². The number of likely N-dealkylation sites (N-methyl/N-ethyl adjacent to an activating group) is 1. The molecule has 1 aromatic heterocycles. The highest BCUT2D eigenvalue weighted by Crippen LogP contribution is 2.44. The van der Waals surface area contributed by atoms with Crippen LogP contribution in [-0.2, 0) is 20.9 Å². The number of hydrogen-bond donors (Lipinski definition) is 0. The summed E-state index contributed by atoms with van der Waals surface area (Å²) in [5.41, 5.74) is -0.178. The number of hydrogen-bond acceptors (Lipinski definition) is 6. The lowest BCUT2D eigenvalue weighted by atomic mass is 9.97. The normalized spacial score (nSPS) is 21.6. The Balaban J connectivity index is 1.71. The van der Waals surface area contributed by atoms with E-state index in [0.717, 1.165) is 0 Å². The molecule has 8 heteroatoms. The molecule has 0 aliphatic carbocycles. The van der Waals surface area contributed by atoms with Gasteiger partial charge in [0, 0.05) is 26.0 Å². The first-order valence-corrected chi connectivity index (χ1v) is 8.25. The van der Waals surface area contributed by atoms with Crippen LogP contribution in [0, 0.1) is 6.92 Å². The second-order valence-corrected chi connectivity index (χ2v) is 6.43. The molecule has 4 rings (SSSR count). The van der Waals surface area contributed by atoms with Gasteiger partial charge in [-0.3, -0.25) is 14.5 Å². The van der Waals surface area contributed by atoms with Crippen LogP contribution >= 0.6 is 0 Å². The van der Waals surface area contributed by atoms with E-state index >= 15 is 0 Å². The van der Waals surface area contributed by atoms with Gasteiger partial charge in [0.2, 0.25) is 11.6 Å². The van der Waals surface area contributed by atoms with Crippen molar-refractivity contribution >= 4 is 23.5 Å². The number of aromatic nitrogens is 1. The molecule has 0 saturated carbocycles. The lowest BCUT2D eigenvalue weighted by Crippen LogP contribution is -2.67. The summed E-state index contributed by atoms with van der Waals surface area (Å²) in [7, 11) is 1.52. The third-order valence-corrected chi connectivity index (χ3v) is 4.90. The number of para-hydroxylation sites is 1. The van der Waals surface area contributed by atoms with Crippen molar-refractivity contribution in [3.05, 3.63) is 47.3 Å². The van der Waals surface area contributed by atoms with E-state index in [2.05, 4.69) is 5.16 Å². The van der Waals surface area contributed by atoms with E-state index in [-0.39, 0.29) is 31.3 Å². The van der Waals surface area contributed by atoms with Gasteiger partial charge in [0.25, 0.3) is 5.91 Å². The standard InChI is InChI=1S/C18H17N3O5/c1-11-9-12(19-26-11)10-25-17(24)18-8-7-15(22)21(18)14-6-4-3-5-13(14)16(23)20(18)2/h3-6,9H,7-8,10H2,1-2H3/t18-/m0/s1. The van der Waals surface area contributed by atoms with Crippen LogP contribution in [0.5, 0.6) is 0 Å². The maximum Gasteiger partial charge on any atom is 0.354 e. The molecule has 0 radical (unpaired) electrons. The van der Waals surface area contributed by atoms with Crippen molar-refractivity contribution < 1.29 is 23.6 Å². The molecule has 134 valence electrons. The predicted molar refractivity (Wildman–Crippen MR) is 89.0 cm³/mol. The highest BCUT2D eigenvalue weighted by molar-refractivity contribution is 6.15. The Bertz CT molecular complexity index is 921. The van der Waals surface area contributed by atoms with Crippen LogP contribution in [0.2, 0.25) is 0 Å². The fraction of sp³-hybridized carbons (Fsp3) is 0.333. The molecule has 1 fully saturated rings. The average molecular weight is 355 g/mol. The van der Waals surface area contributed by atoms with Crippen molar-refractivity contribution in [3.8, 4) is 0 Å². The summed E-state index contributed by atoms with van der Waals surface area (Å²) in [6.45, 7) is 1.64. The number of aryl methyl sites for hydroxylation is 1. The van der Waals surface area contributed by atoms with Gasteiger partial charge in [-0.25, -0.2) is 4.79 Å². The zero-order valence-electron chi connectivity index (χ0n) is 14.4. The van der Waals surface area contributed by atoms with Crippen LogP contribution in [0.4, 0.5) is 5.69 Å². The molecular weight excluding hydrogens is 338 g/mol. The number of carbonyl (C=O) groups excluding carboxylic acids is 3. The Kier molecular flexibility index (Phi) is 3.57. The van der Waals surface area contributed by atoms with Gasteiger partial charge in [-0.15, -0.1) is 0 Å². The maximum atomic E-state index is 13.0. The molecule has 1 atom stereocenters. The zero-order chi connectivity index (χ0) is 18.5. The van der Waals surface area contributed by atoms with Crippen molar-refractivity contribution in [2.24, 2.45) is 0 Å². The molecule has 8 nitrogen and oxygen atoms in total. The fourth-order valence-electron chi connectivity index (χ4n) is 3.63. The average Bonchev–Trinajstić information content (AvgIpc) is 3.22. The second kappa shape index (κ2) is 5.69. The number of anilines is 1. The number of rotatable bonds is 3. The number of ether oxygens (including phenoxy) is 1. The summed E-state index contributed by atoms with van der Waals surface area (Å²) < 4.78 is 10.4. The molecule has 2 aromatic rings. The van der Waals surface area contributed by atoms with Crippen LogP contribution in [0.3, 0.4) is 0 Å². The minimum atomic E-state index is -1.47. The molecule has 1 saturated heterocycles.